The van der Waals surface area contributed by atoms with Crippen LogP contribution >= 0.6 is 0 Å². The van der Waals surface area contributed by atoms with E-state index in [4.69, 9.17) is 4.99 Å². The van der Waals surface area contributed by atoms with Crippen molar-refractivity contribution in [2.45, 2.75) is 34.1 Å². The van der Waals surface area contributed by atoms with Crippen LogP contribution in [-0.4, -0.2) is 23.8 Å². The second kappa shape index (κ2) is 7.70. The van der Waals surface area contributed by atoms with E-state index in [-0.39, 0.29) is 0 Å². The predicted molar refractivity (Wildman–Crippen MR) is 80.5 cm³/mol. The van der Waals surface area contributed by atoms with Crippen LogP contribution in [0, 0.1) is 0 Å². The Kier molecular flexibility index (Phi) is 6.20. The van der Waals surface area contributed by atoms with Crippen molar-refractivity contribution in [1.82, 2.24) is 4.90 Å². The predicted octanol–water partition coefficient (Wildman–Crippen LogP) is 4.41. The van der Waals surface area contributed by atoms with E-state index in [1.54, 1.807) is 0 Å². The number of nitrogens with zero attached hydrogens (tertiary/aromatic N) is 2. The van der Waals surface area contributed by atoms with Crippen molar-refractivity contribution >= 4 is 11.5 Å². The standard InChI is InChI=1S/C16H24N2/c1-5-18(6-2)16(13-12-14(3)4)17-15-10-8-7-9-11-15/h7-12H,5-6,13H2,1-4H3. The van der Waals surface area contributed by atoms with Crippen LogP contribution in [0.15, 0.2) is 47.0 Å². The Balaban J connectivity index is 2.96. The molecule has 98 valence electrons. The van der Waals surface area contributed by atoms with Gasteiger partial charge in [0.15, 0.2) is 0 Å². The summed E-state index contributed by atoms with van der Waals surface area (Å²) in [6.07, 6.45) is 3.14. The van der Waals surface area contributed by atoms with Crippen molar-refractivity contribution in [1.29, 1.82) is 0 Å². The minimum absolute atomic E-state index is 0.902. The van der Waals surface area contributed by atoms with Gasteiger partial charge in [0.2, 0.25) is 0 Å². The zero-order chi connectivity index (χ0) is 13.4. The van der Waals surface area contributed by atoms with E-state index in [9.17, 15) is 0 Å². The second-order valence-electron chi connectivity index (χ2n) is 4.52. The van der Waals surface area contributed by atoms with Gasteiger partial charge in [-0.3, -0.25) is 0 Å². The highest BCUT2D eigenvalue weighted by Crippen LogP contribution is 2.13. The summed E-state index contributed by atoms with van der Waals surface area (Å²) in [4.78, 5) is 7.08. The van der Waals surface area contributed by atoms with E-state index >= 15 is 0 Å². The van der Waals surface area contributed by atoms with Crippen LogP contribution in [-0.2, 0) is 0 Å². The van der Waals surface area contributed by atoms with Gasteiger partial charge in [0, 0.05) is 19.5 Å². The zero-order valence-corrected chi connectivity index (χ0v) is 12.0. The summed E-state index contributed by atoms with van der Waals surface area (Å²) in [6.45, 7) is 10.6. The highest BCUT2D eigenvalue weighted by Gasteiger charge is 2.06. The van der Waals surface area contributed by atoms with Crippen molar-refractivity contribution in [3.63, 3.8) is 0 Å². The van der Waals surface area contributed by atoms with Crippen LogP contribution in [0.2, 0.25) is 0 Å². The Morgan fingerprint density at radius 3 is 2.22 bits per heavy atom. The topological polar surface area (TPSA) is 15.6 Å². The van der Waals surface area contributed by atoms with Gasteiger partial charge < -0.3 is 4.90 Å². The van der Waals surface area contributed by atoms with Gasteiger partial charge in [-0.05, 0) is 39.8 Å². The Morgan fingerprint density at radius 2 is 1.72 bits per heavy atom. The molecule has 0 heterocycles. The molecular weight excluding hydrogens is 220 g/mol. The van der Waals surface area contributed by atoms with Crippen molar-refractivity contribution in [2.24, 2.45) is 4.99 Å². The molecule has 0 amide bonds. The number of para-hydroxylation sites is 1. The highest BCUT2D eigenvalue weighted by molar-refractivity contribution is 5.86. The normalized spacial score (nSPS) is 11.2. The molecule has 0 atom stereocenters. The lowest BCUT2D eigenvalue weighted by molar-refractivity contribution is 0.459. The van der Waals surface area contributed by atoms with E-state index in [0.29, 0.717) is 0 Å². The molecule has 0 fully saturated rings. The third-order valence-corrected chi connectivity index (χ3v) is 2.84. The fraction of sp³-hybridized carbons (Fsp3) is 0.438. The Hall–Kier alpha value is -1.57. The van der Waals surface area contributed by atoms with Crippen LogP contribution < -0.4 is 0 Å². The molecule has 0 bridgehead atoms. The van der Waals surface area contributed by atoms with Crippen molar-refractivity contribution in [3.8, 4) is 0 Å². The molecule has 1 aromatic carbocycles. The minimum atomic E-state index is 0.902. The maximum Gasteiger partial charge on any atom is 0.109 e. The van der Waals surface area contributed by atoms with Crippen LogP contribution in [0.3, 0.4) is 0 Å². The number of rotatable bonds is 5. The van der Waals surface area contributed by atoms with Crippen LogP contribution in [0.1, 0.15) is 34.1 Å². The minimum Gasteiger partial charge on any atom is -0.360 e. The average molecular weight is 244 g/mol. The summed E-state index contributed by atoms with van der Waals surface area (Å²) in [5.74, 6) is 1.15. The lowest BCUT2D eigenvalue weighted by Crippen LogP contribution is -2.30. The number of hydrogen-bond acceptors (Lipinski definition) is 1. The molecule has 0 saturated heterocycles. The molecule has 0 saturated carbocycles. The number of amidine groups is 1. The maximum absolute atomic E-state index is 4.77. The van der Waals surface area contributed by atoms with E-state index in [0.717, 1.165) is 31.0 Å². The van der Waals surface area contributed by atoms with Gasteiger partial charge in [0.05, 0.1) is 5.69 Å². The fourth-order valence-corrected chi connectivity index (χ4v) is 1.78. The molecule has 2 heteroatoms. The van der Waals surface area contributed by atoms with E-state index in [1.807, 2.05) is 30.3 Å². The Bertz CT molecular complexity index is 396. The first-order valence-electron chi connectivity index (χ1n) is 6.68. The molecule has 0 radical (unpaired) electrons. The SMILES string of the molecule is CCN(CC)C(CC=C(C)C)=Nc1ccccc1. The first-order chi connectivity index (χ1) is 8.67. The first-order valence-corrected chi connectivity index (χ1v) is 6.68. The third kappa shape index (κ3) is 4.74. The van der Waals surface area contributed by atoms with E-state index < -0.39 is 0 Å². The number of benzene rings is 1. The molecule has 0 aliphatic heterocycles. The number of aliphatic imine (C=N–C) groups is 1. The lowest BCUT2D eigenvalue weighted by Gasteiger charge is -2.22. The Morgan fingerprint density at radius 1 is 1.11 bits per heavy atom. The summed E-state index contributed by atoms with van der Waals surface area (Å²) in [7, 11) is 0. The Labute approximate surface area is 111 Å². The van der Waals surface area contributed by atoms with Gasteiger partial charge >= 0.3 is 0 Å². The molecule has 0 aromatic heterocycles. The van der Waals surface area contributed by atoms with Gasteiger partial charge in [-0.2, -0.15) is 0 Å². The van der Waals surface area contributed by atoms with Gasteiger partial charge in [-0.1, -0.05) is 29.8 Å². The summed E-state index contributed by atoms with van der Waals surface area (Å²) in [5.41, 5.74) is 2.37. The van der Waals surface area contributed by atoms with Gasteiger partial charge in [0.1, 0.15) is 5.84 Å². The maximum atomic E-state index is 4.77. The number of hydrogen-bond donors (Lipinski definition) is 0. The molecule has 1 aromatic rings. The zero-order valence-electron chi connectivity index (χ0n) is 12.0. The van der Waals surface area contributed by atoms with Crippen LogP contribution in [0.25, 0.3) is 0 Å². The number of allylic oxidation sites excluding steroid dienone is 1. The summed E-state index contributed by atoms with van der Waals surface area (Å²) in [6, 6.07) is 10.2. The highest BCUT2D eigenvalue weighted by atomic mass is 15.2. The largest absolute Gasteiger partial charge is 0.360 e. The van der Waals surface area contributed by atoms with Gasteiger partial charge in [0.25, 0.3) is 0 Å². The summed E-state index contributed by atoms with van der Waals surface area (Å²) in [5, 5.41) is 0. The quantitative estimate of drug-likeness (QED) is 0.425. The molecule has 0 N–H and O–H groups in total. The van der Waals surface area contributed by atoms with Crippen molar-refractivity contribution in [2.75, 3.05) is 13.1 Å². The molecular formula is C16H24N2. The van der Waals surface area contributed by atoms with Gasteiger partial charge in [-0.25, -0.2) is 4.99 Å². The van der Waals surface area contributed by atoms with E-state index in [2.05, 4.69) is 38.7 Å². The third-order valence-electron chi connectivity index (χ3n) is 2.84. The van der Waals surface area contributed by atoms with Crippen LogP contribution in [0.5, 0.6) is 0 Å². The molecule has 0 unspecified atom stereocenters. The molecule has 0 aliphatic carbocycles. The fourth-order valence-electron chi connectivity index (χ4n) is 1.78. The lowest BCUT2D eigenvalue weighted by atomic mass is 10.2. The monoisotopic (exact) mass is 244 g/mol. The van der Waals surface area contributed by atoms with Gasteiger partial charge in [-0.15, -0.1) is 0 Å². The summed E-state index contributed by atoms with van der Waals surface area (Å²) >= 11 is 0. The second-order valence-corrected chi connectivity index (χ2v) is 4.52. The molecule has 18 heavy (non-hydrogen) atoms. The smallest absolute Gasteiger partial charge is 0.109 e. The molecule has 0 spiro atoms. The first kappa shape index (κ1) is 14.5. The van der Waals surface area contributed by atoms with Crippen LogP contribution in [0.4, 0.5) is 5.69 Å². The molecule has 1 rings (SSSR count). The summed E-state index contributed by atoms with van der Waals surface area (Å²) < 4.78 is 0. The van der Waals surface area contributed by atoms with Crippen molar-refractivity contribution in [3.05, 3.63) is 42.0 Å². The van der Waals surface area contributed by atoms with E-state index in [1.165, 1.54) is 5.57 Å². The molecule has 0 aliphatic rings. The molecule has 2 nitrogen and oxygen atoms in total. The van der Waals surface area contributed by atoms with Crippen molar-refractivity contribution < 1.29 is 0 Å². The average Bonchev–Trinajstić information content (AvgIpc) is 2.38.